The van der Waals surface area contributed by atoms with Gasteiger partial charge in [-0.2, -0.15) is 0 Å². The van der Waals surface area contributed by atoms with Crippen LogP contribution in [0.25, 0.3) is 0 Å². The summed E-state index contributed by atoms with van der Waals surface area (Å²) < 4.78 is 12.2. The van der Waals surface area contributed by atoms with Crippen molar-refractivity contribution in [1.82, 2.24) is 9.97 Å². The fourth-order valence-electron chi connectivity index (χ4n) is 0.336. The molecule has 0 unspecified atom stereocenters. The first-order valence-electron chi connectivity index (χ1n) is 2.16. The quantitative estimate of drug-likeness (QED) is 0.493. The molecule has 0 aromatic carbocycles. The van der Waals surface area contributed by atoms with Gasteiger partial charge in [0.1, 0.15) is 0 Å². The lowest BCUT2D eigenvalue weighted by atomic mass is 10.4. The largest absolute Gasteiger partial charge is 0.231 e. The van der Waals surface area contributed by atoms with Crippen LogP contribution in [0.15, 0.2) is 6.20 Å². The Bertz CT molecular complexity index is 167. The molecule has 0 aliphatic heterocycles. The molecule has 0 fully saturated rings. The second-order valence-corrected chi connectivity index (χ2v) is 1.40. The molecule has 0 aliphatic carbocycles. The smallest absolute Gasteiger partial charge is 0.198 e. The van der Waals surface area contributed by atoms with E-state index in [2.05, 4.69) is 16.3 Å². The molecule has 3 heteroatoms. The first-order chi connectivity index (χ1) is 3.80. The zero-order valence-electron chi connectivity index (χ0n) is 4.35. The van der Waals surface area contributed by atoms with Gasteiger partial charge >= 0.3 is 0 Å². The molecule has 1 heterocycles. The molecule has 0 atom stereocenters. The Labute approximate surface area is 46.4 Å². The molecule has 2 nitrogen and oxygen atoms in total. The minimum Gasteiger partial charge on any atom is -0.231 e. The summed E-state index contributed by atoms with van der Waals surface area (Å²) in [7, 11) is 0. The Kier molecular flexibility index (Phi) is 1.20. The van der Waals surface area contributed by atoms with Crippen molar-refractivity contribution in [1.29, 1.82) is 0 Å². The van der Waals surface area contributed by atoms with E-state index in [4.69, 9.17) is 0 Å². The van der Waals surface area contributed by atoms with Gasteiger partial charge in [-0.1, -0.05) is 0 Å². The van der Waals surface area contributed by atoms with Crippen molar-refractivity contribution in [2.75, 3.05) is 0 Å². The fraction of sp³-hybridized carbons (Fsp3) is 0.200. The van der Waals surface area contributed by atoms with Crippen LogP contribution < -0.4 is 0 Å². The van der Waals surface area contributed by atoms with Gasteiger partial charge in [0.05, 0.1) is 11.9 Å². The highest BCUT2D eigenvalue weighted by Crippen LogP contribution is 1.94. The van der Waals surface area contributed by atoms with E-state index in [0.29, 0.717) is 5.69 Å². The lowest BCUT2D eigenvalue weighted by molar-refractivity contribution is 0.600. The lowest BCUT2D eigenvalue weighted by Gasteiger charge is -1.86. The first-order valence-corrected chi connectivity index (χ1v) is 2.16. The molecule has 1 radical (unpaired) electrons. The van der Waals surface area contributed by atoms with E-state index in [1.807, 2.05) is 0 Å². The molecule has 41 valence electrons. The Morgan fingerprint density at radius 2 is 2.50 bits per heavy atom. The van der Waals surface area contributed by atoms with Crippen molar-refractivity contribution in [3.63, 3.8) is 0 Å². The van der Waals surface area contributed by atoms with Gasteiger partial charge in [-0.15, -0.1) is 0 Å². The van der Waals surface area contributed by atoms with Crippen LogP contribution in [-0.4, -0.2) is 9.97 Å². The molecule has 8 heavy (non-hydrogen) atoms. The average Bonchev–Trinajstić information content (AvgIpc) is 1.77. The summed E-state index contributed by atoms with van der Waals surface area (Å²) in [5.74, 6) is -0.385. The second-order valence-electron chi connectivity index (χ2n) is 1.40. The van der Waals surface area contributed by atoms with Crippen LogP contribution in [0, 0.1) is 19.1 Å². The summed E-state index contributed by atoms with van der Waals surface area (Å²) in [4.78, 5) is 6.80. The highest BCUT2D eigenvalue weighted by Gasteiger charge is 1.92. The molecule has 0 amide bonds. The minimum absolute atomic E-state index is 0.333. The van der Waals surface area contributed by atoms with Crippen molar-refractivity contribution in [2.24, 2.45) is 0 Å². The van der Waals surface area contributed by atoms with Gasteiger partial charge in [0.15, 0.2) is 12.1 Å². The molecule has 0 N–H and O–H groups in total. The van der Waals surface area contributed by atoms with Crippen LogP contribution in [0.3, 0.4) is 0 Å². The summed E-state index contributed by atoms with van der Waals surface area (Å²) in [6.07, 6.45) is 3.35. The van der Waals surface area contributed by atoms with E-state index in [1.54, 1.807) is 6.92 Å². The van der Waals surface area contributed by atoms with Gasteiger partial charge in [-0.05, 0) is 6.92 Å². The van der Waals surface area contributed by atoms with Crippen molar-refractivity contribution in [3.8, 4) is 0 Å². The molecule has 1 aromatic rings. The van der Waals surface area contributed by atoms with E-state index in [-0.39, 0.29) is 5.82 Å². The predicted octanol–water partition coefficient (Wildman–Crippen LogP) is 0.724. The van der Waals surface area contributed by atoms with Crippen molar-refractivity contribution in [2.45, 2.75) is 6.92 Å². The first kappa shape index (κ1) is 5.15. The molecule has 0 aliphatic rings. The number of hydrogen-bond acceptors (Lipinski definition) is 2. The molecule has 0 saturated carbocycles. The third-order valence-electron chi connectivity index (χ3n) is 0.799. The van der Waals surface area contributed by atoms with Gasteiger partial charge in [0.2, 0.25) is 0 Å². The van der Waals surface area contributed by atoms with Gasteiger partial charge in [-0.25, -0.2) is 14.4 Å². The van der Waals surface area contributed by atoms with Crippen LogP contribution in [0.5, 0.6) is 0 Å². The van der Waals surface area contributed by atoms with Crippen LogP contribution >= 0.6 is 0 Å². The van der Waals surface area contributed by atoms with E-state index in [0.717, 1.165) is 6.20 Å². The summed E-state index contributed by atoms with van der Waals surface area (Å²) in [5.41, 5.74) is 0.333. The normalized spacial score (nSPS) is 9.25. The average molecular weight is 111 g/mol. The number of aromatic nitrogens is 2. The van der Waals surface area contributed by atoms with Gasteiger partial charge < -0.3 is 0 Å². The molecule has 0 spiro atoms. The summed E-state index contributed by atoms with van der Waals surface area (Å²) in [6, 6.07) is 0. The van der Waals surface area contributed by atoms with E-state index < -0.39 is 0 Å². The van der Waals surface area contributed by atoms with E-state index in [9.17, 15) is 4.39 Å². The molecule has 0 bridgehead atoms. The summed E-state index contributed by atoms with van der Waals surface area (Å²) in [6.45, 7) is 1.56. The number of rotatable bonds is 0. The van der Waals surface area contributed by atoms with Gasteiger partial charge in [-0.3, -0.25) is 0 Å². The molecular formula is C5H4FN2. The number of nitrogens with zero attached hydrogens (tertiary/aromatic N) is 2. The Morgan fingerprint density at radius 1 is 1.75 bits per heavy atom. The zero-order chi connectivity index (χ0) is 5.98. The van der Waals surface area contributed by atoms with Crippen LogP contribution in [0.4, 0.5) is 4.39 Å². The van der Waals surface area contributed by atoms with Crippen molar-refractivity contribution < 1.29 is 4.39 Å². The Morgan fingerprint density at radius 3 is 2.88 bits per heavy atom. The maximum atomic E-state index is 12.2. The second kappa shape index (κ2) is 1.86. The van der Waals surface area contributed by atoms with Crippen molar-refractivity contribution >= 4 is 0 Å². The Hall–Kier alpha value is -0.990. The maximum Gasteiger partial charge on any atom is 0.198 e. The van der Waals surface area contributed by atoms with Gasteiger partial charge in [0.25, 0.3) is 0 Å². The maximum absolute atomic E-state index is 12.2. The number of halogens is 1. The van der Waals surface area contributed by atoms with Gasteiger partial charge in [0, 0.05) is 0 Å². The monoisotopic (exact) mass is 111 g/mol. The highest BCUT2D eigenvalue weighted by molar-refractivity contribution is 4.96. The third kappa shape index (κ3) is 0.804. The predicted molar refractivity (Wildman–Crippen MR) is 25.6 cm³/mol. The molecule has 1 aromatic heterocycles. The molecule has 0 saturated heterocycles. The SMILES string of the molecule is Cc1n[c]ncc1F. The lowest BCUT2D eigenvalue weighted by Crippen LogP contribution is -1.87. The minimum atomic E-state index is -0.385. The fourth-order valence-corrected chi connectivity index (χ4v) is 0.336. The summed E-state index contributed by atoms with van der Waals surface area (Å²) in [5, 5.41) is 0. The topological polar surface area (TPSA) is 25.8 Å². The third-order valence-corrected chi connectivity index (χ3v) is 0.799. The van der Waals surface area contributed by atoms with Crippen LogP contribution in [0.1, 0.15) is 5.69 Å². The van der Waals surface area contributed by atoms with Crippen molar-refractivity contribution in [3.05, 3.63) is 24.0 Å². The number of aryl methyl sites for hydroxylation is 1. The van der Waals surface area contributed by atoms with Crippen LogP contribution in [0.2, 0.25) is 0 Å². The molecular weight excluding hydrogens is 107 g/mol. The van der Waals surface area contributed by atoms with Crippen LogP contribution in [-0.2, 0) is 0 Å². The highest BCUT2D eigenvalue weighted by atomic mass is 19.1. The summed E-state index contributed by atoms with van der Waals surface area (Å²) >= 11 is 0. The molecule has 1 rings (SSSR count). The zero-order valence-corrected chi connectivity index (χ0v) is 4.35. The Balaban J connectivity index is 3.13. The van der Waals surface area contributed by atoms with E-state index >= 15 is 0 Å². The van der Waals surface area contributed by atoms with E-state index in [1.165, 1.54) is 0 Å². The standard InChI is InChI=1S/C5H4FN2/c1-4-5(6)2-7-3-8-4/h2H,1H3. The number of hydrogen-bond donors (Lipinski definition) is 0.